The minimum absolute atomic E-state index is 0. The van der Waals surface area contributed by atoms with Crippen LogP contribution >= 0.6 is 24.0 Å². The van der Waals surface area contributed by atoms with Crippen LogP contribution in [0.15, 0.2) is 35.3 Å². The van der Waals surface area contributed by atoms with E-state index in [-0.39, 0.29) is 29.9 Å². The molecule has 0 unspecified atom stereocenters. The summed E-state index contributed by atoms with van der Waals surface area (Å²) < 4.78 is 0. The van der Waals surface area contributed by atoms with Crippen LogP contribution in [-0.4, -0.2) is 38.5 Å². The Morgan fingerprint density at radius 2 is 1.71 bits per heavy atom. The maximum atomic E-state index is 11.8. The fourth-order valence-electron chi connectivity index (χ4n) is 1.57. The number of aliphatic imine (C=N–C) groups is 1. The second-order valence-electron chi connectivity index (χ2n) is 4.90. The third kappa shape index (κ3) is 8.54. The quantitative estimate of drug-likeness (QED) is 0.294. The number of nitrogens with one attached hydrogen (secondary N) is 3. The van der Waals surface area contributed by atoms with Crippen molar-refractivity contribution in [3.8, 4) is 0 Å². The molecule has 0 aliphatic heterocycles. The van der Waals surface area contributed by atoms with E-state index in [1.54, 1.807) is 19.2 Å². The first-order valence-corrected chi connectivity index (χ1v) is 6.91. The molecule has 1 aromatic rings. The second-order valence-corrected chi connectivity index (χ2v) is 4.90. The number of nitrogens with zero attached hydrogens (tertiary/aromatic N) is 1. The van der Waals surface area contributed by atoms with E-state index in [1.165, 1.54) is 0 Å². The van der Waals surface area contributed by atoms with Crippen molar-refractivity contribution in [1.82, 2.24) is 16.0 Å². The molecule has 1 rings (SSSR count). The van der Waals surface area contributed by atoms with Crippen LogP contribution < -0.4 is 16.0 Å². The molecule has 0 radical (unpaired) electrons. The number of hydrogen-bond acceptors (Lipinski definition) is 2. The normalized spacial score (nSPS) is 10.8. The van der Waals surface area contributed by atoms with Crippen LogP contribution in [-0.2, 0) is 0 Å². The lowest BCUT2D eigenvalue weighted by Crippen LogP contribution is -2.42. The molecule has 0 heterocycles. The lowest BCUT2D eigenvalue weighted by atomic mass is 10.2. The Labute approximate surface area is 144 Å². The van der Waals surface area contributed by atoms with Crippen LogP contribution in [0.25, 0.3) is 0 Å². The fourth-order valence-corrected chi connectivity index (χ4v) is 1.57. The summed E-state index contributed by atoms with van der Waals surface area (Å²) in [5.41, 5.74) is 0.676. The van der Waals surface area contributed by atoms with Crippen molar-refractivity contribution in [2.45, 2.75) is 13.8 Å². The van der Waals surface area contributed by atoms with E-state index in [0.717, 1.165) is 12.5 Å². The number of benzene rings is 1. The molecule has 1 amide bonds. The molecule has 0 atom stereocenters. The standard InChI is InChI=1S/C15H24N4O.HI/c1-12(2)11-19-15(16-3)18-10-9-17-14(20)13-7-5-4-6-8-13;/h4-8,12H,9-11H2,1-3H3,(H,17,20)(H2,16,18,19);1H. The van der Waals surface area contributed by atoms with E-state index in [9.17, 15) is 4.79 Å². The highest BCUT2D eigenvalue weighted by atomic mass is 127. The summed E-state index contributed by atoms with van der Waals surface area (Å²) in [6, 6.07) is 9.19. The number of carbonyl (C=O) groups excluding carboxylic acids is 1. The van der Waals surface area contributed by atoms with Gasteiger partial charge in [0, 0.05) is 32.2 Å². The van der Waals surface area contributed by atoms with Gasteiger partial charge in [0.25, 0.3) is 5.91 Å². The summed E-state index contributed by atoms with van der Waals surface area (Å²) in [7, 11) is 1.73. The number of guanidine groups is 1. The van der Waals surface area contributed by atoms with E-state index in [4.69, 9.17) is 0 Å². The van der Waals surface area contributed by atoms with E-state index in [1.807, 2.05) is 18.2 Å². The Hall–Kier alpha value is -1.31. The first-order chi connectivity index (χ1) is 9.63. The Bertz CT molecular complexity index is 435. The average molecular weight is 404 g/mol. The predicted molar refractivity (Wildman–Crippen MR) is 98.4 cm³/mol. The van der Waals surface area contributed by atoms with Crippen LogP contribution in [0.5, 0.6) is 0 Å². The van der Waals surface area contributed by atoms with Gasteiger partial charge in [0.2, 0.25) is 0 Å². The molecule has 0 saturated heterocycles. The van der Waals surface area contributed by atoms with Gasteiger partial charge in [-0.25, -0.2) is 0 Å². The molecule has 21 heavy (non-hydrogen) atoms. The second kappa shape index (κ2) is 11.4. The highest BCUT2D eigenvalue weighted by Gasteiger charge is 2.03. The third-order valence-corrected chi connectivity index (χ3v) is 2.64. The Kier molecular flexibility index (Phi) is 10.7. The molecule has 0 bridgehead atoms. The maximum Gasteiger partial charge on any atom is 0.251 e. The highest BCUT2D eigenvalue weighted by Crippen LogP contribution is 1.96. The zero-order chi connectivity index (χ0) is 14.8. The number of rotatable bonds is 6. The van der Waals surface area contributed by atoms with Gasteiger partial charge in [-0.2, -0.15) is 0 Å². The summed E-state index contributed by atoms with van der Waals surface area (Å²) >= 11 is 0. The van der Waals surface area contributed by atoms with Gasteiger partial charge in [0.05, 0.1) is 0 Å². The Morgan fingerprint density at radius 1 is 1.10 bits per heavy atom. The first-order valence-electron chi connectivity index (χ1n) is 6.91. The maximum absolute atomic E-state index is 11.8. The van der Waals surface area contributed by atoms with Crippen molar-refractivity contribution in [1.29, 1.82) is 0 Å². The van der Waals surface area contributed by atoms with Gasteiger partial charge in [-0.1, -0.05) is 32.0 Å². The van der Waals surface area contributed by atoms with Gasteiger partial charge in [-0.05, 0) is 18.1 Å². The molecule has 0 aliphatic rings. The van der Waals surface area contributed by atoms with Gasteiger partial charge in [-0.15, -0.1) is 24.0 Å². The smallest absolute Gasteiger partial charge is 0.251 e. The molecular weight excluding hydrogens is 379 g/mol. The molecule has 118 valence electrons. The lowest BCUT2D eigenvalue weighted by Gasteiger charge is -2.13. The number of carbonyl (C=O) groups is 1. The monoisotopic (exact) mass is 404 g/mol. The Balaban J connectivity index is 0.00000400. The summed E-state index contributed by atoms with van der Waals surface area (Å²) in [6.07, 6.45) is 0. The Morgan fingerprint density at radius 3 is 2.29 bits per heavy atom. The van der Waals surface area contributed by atoms with Gasteiger partial charge in [-0.3, -0.25) is 9.79 Å². The van der Waals surface area contributed by atoms with Crippen molar-refractivity contribution in [2.75, 3.05) is 26.7 Å². The summed E-state index contributed by atoms with van der Waals surface area (Å²) in [6.45, 7) is 6.34. The first kappa shape index (κ1) is 19.7. The van der Waals surface area contributed by atoms with Gasteiger partial charge in [0.15, 0.2) is 5.96 Å². The van der Waals surface area contributed by atoms with Gasteiger partial charge < -0.3 is 16.0 Å². The van der Waals surface area contributed by atoms with Crippen molar-refractivity contribution in [3.63, 3.8) is 0 Å². The number of amides is 1. The SMILES string of the molecule is CN=C(NCCNC(=O)c1ccccc1)NCC(C)C.I. The van der Waals surface area contributed by atoms with Crippen LogP contribution in [0.4, 0.5) is 0 Å². The van der Waals surface area contributed by atoms with Gasteiger partial charge >= 0.3 is 0 Å². The molecule has 0 saturated carbocycles. The van der Waals surface area contributed by atoms with E-state index in [0.29, 0.717) is 24.6 Å². The van der Waals surface area contributed by atoms with E-state index in [2.05, 4.69) is 34.8 Å². The number of hydrogen-bond donors (Lipinski definition) is 3. The van der Waals surface area contributed by atoms with Gasteiger partial charge in [0.1, 0.15) is 0 Å². The van der Waals surface area contributed by atoms with Crippen LogP contribution in [0.3, 0.4) is 0 Å². The minimum Gasteiger partial charge on any atom is -0.356 e. The predicted octanol–water partition coefficient (Wildman–Crippen LogP) is 1.86. The zero-order valence-corrected chi connectivity index (χ0v) is 15.2. The van der Waals surface area contributed by atoms with Crippen LogP contribution in [0.2, 0.25) is 0 Å². The molecule has 6 heteroatoms. The van der Waals surface area contributed by atoms with Crippen molar-refractivity contribution >= 4 is 35.8 Å². The topological polar surface area (TPSA) is 65.5 Å². The molecule has 1 aromatic carbocycles. The molecule has 5 nitrogen and oxygen atoms in total. The minimum atomic E-state index is -0.0578. The van der Waals surface area contributed by atoms with E-state index < -0.39 is 0 Å². The molecule has 0 aromatic heterocycles. The number of halogens is 1. The summed E-state index contributed by atoms with van der Waals surface area (Å²) in [5, 5.41) is 9.23. The molecule has 0 spiro atoms. The summed E-state index contributed by atoms with van der Waals surface area (Å²) in [4.78, 5) is 15.9. The lowest BCUT2D eigenvalue weighted by molar-refractivity contribution is 0.0954. The highest BCUT2D eigenvalue weighted by molar-refractivity contribution is 14.0. The zero-order valence-electron chi connectivity index (χ0n) is 12.8. The molecule has 0 aliphatic carbocycles. The fraction of sp³-hybridized carbons (Fsp3) is 0.467. The largest absolute Gasteiger partial charge is 0.356 e. The van der Waals surface area contributed by atoms with Crippen LogP contribution in [0.1, 0.15) is 24.2 Å². The van der Waals surface area contributed by atoms with Crippen molar-refractivity contribution < 1.29 is 4.79 Å². The van der Waals surface area contributed by atoms with Crippen LogP contribution in [0, 0.1) is 5.92 Å². The molecule has 3 N–H and O–H groups in total. The molecule has 0 fully saturated rings. The van der Waals surface area contributed by atoms with E-state index >= 15 is 0 Å². The third-order valence-electron chi connectivity index (χ3n) is 2.64. The van der Waals surface area contributed by atoms with Crippen molar-refractivity contribution in [3.05, 3.63) is 35.9 Å². The van der Waals surface area contributed by atoms with Crippen molar-refractivity contribution in [2.24, 2.45) is 10.9 Å². The average Bonchev–Trinajstić information content (AvgIpc) is 2.47. The summed E-state index contributed by atoms with van der Waals surface area (Å²) in [5.74, 6) is 1.26. The molecular formula is C15H25IN4O.